The molecule has 2 aliphatic heterocycles. The van der Waals surface area contributed by atoms with Crippen molar-refractivity contribution in [2.75, 3.05) is 5.32 Å². The minimum atomic E-state index is -3.77. The van der Waals surface area contributed by atoms with Crippen LogP contribution in [0.4, 0.5) is 14.5 Å². The van der Waals surface area contributed by atoms with E-state index in [1.807, 2.05) is 0 Å². The number of amides is 1. The van der Waals surface area contributed by atoms with Crippen LogP contribution in [-0.4, -0.2) is 18.0 Å². The molecule has 2 heterocycles. The van der Waals surface area contributed by atoms with Crippen molar-refractivity contribution in [1.82, 2.24) is 0 Å². The highest BCUT2D eigenvalue weighted by atomic mass is 19.3. The number of rotatable bonds is 0. The van der Waals surface area contributed by atoms with Crippen LogP contribution in [0.5, 0.6) is 11.5 Å². The second-order valence-corrected chi connectivity index (χ2v) is 3.27. The van der Waals surface area contributed by atoms with E-state index in [2.05, 4.69) is 14.8 Å². The molecule has 0 fully saturated rings. The van der Waals surface area contributed by atoms with Crippen LogP contribution in [-0.2, 0) is 4.79 Å². The number of ether oxygens (including phenoxy) is 2. The molecule has 0 aliphatic carbocycles. The summed E-state index contributed by atoms with van der Waals surface area (Å²) >= 11 is 0. The summed E-state index contributed by atoms with van der Waals surface area (Å²) in [5.41, 5.74) is -0.0604. The normalized spacial score (nSPS) is 19.6. The number of hydrogen-bond acceptors (Lipinski definition) is 4. The molecule has 0 spiro atoms. The molecular formula is C9H3F2NO4. The summed E-state index contributed by atoms with van der Waals surface area (Å²) in [6.07, 6.45) is -3.77. The molecule has 16 heavy (non-hydrogen) atoms. The largest absolute Gasteiger partial charge is 0.586 e. The number of halogens is 2. The van der Waals surface area contributed by atoms with E-state index in [1.165, 1.54) is 6.07 Å². The first-order chi connectivity index (χ1) is 7.48. The summed E-state index contributed by atoms with van der Waals surface area (Å²) in [4.78, 5) is 22.3. The zero-order valence-corrected chi connectivity index (χ0v) is 7.54. The first-order valence-corrected chi connectivity index (χ1v) is 4.26. The number of hydrogen-bond donors (Lipinski definition) is 1. The summed E-state index contributed by atoms with van der Waals surface area (Å²) in [6, 6.07) is 2.40. The van der Waals surface area contributed by atoms with Gasteiger partial charge in [0.2, 0.25) is 0 Å². The minimum absolute atomic E-state index is 0.00468. The van der Waals surface area contributed by atoms with Crippen LogP contribution >= 0.6 is 0 Å². The monoisotopic (exact) mass is 227 g/mol. The molecule has 1 N–H and O–H groups in total. The highest BCUT2D eigenvalue weighted by Gasteiger charge is 2.47. The summed E-state index contributed by atoms with van der Waals surface area (Å²) in [5, 5.41) is 2.16. The lowest BCUT2D eigenvalue weighted by Crippen LogP contribution is -2.26. The average Bonchev–Trinajstić information content (AvgIpc) is 2.65. The number of nitrogens with one attached hydrogen (secondary N) is 1. The van der Waals surface area contributed by atoms with Gasteiger partial charge in [-0.25, -0.2) is 0 Å². The lowest BCUT2D eigenvalue weighted by atomic mass is 10.1. The maximum atomic E-state index is 12.8. The van der Waals surface area contributed by atoms with E-state index in [-0.39, 0.29) is 22.7 Å². The summed E-state index contributed by atoms with van der Waals surface area (Å²) in [5.74, 6) is -2.18. The highest BCUT2D eigenvalue weighted by Crippen LogP contribution is 2.48. The Morgan fingerprint density at radius 2 is 1.94 bits per heavy atom. The molecule has 7 heteroatoms. The van der Waals surface area contributed by atoms with Gasteiger partial charge in [-0.15, -0.1) is 8.78 Å². The Hall–Kier alpha value is -2.18. The molecule has 0 atom stereocenters. The van der Waals surface area contributed by atoms with Gasteiger partial charge in [0.1, 0.15) is 0 Å². The van der Waals surface area contributed by atoms with Crippen molar-refractivity contribution in [3.63, 3.8) is 0 Å². The average molecular weight is 227 g/mol. The molecule has 1 aromatic carbocycles. The fraction of sp³-hybridized carbons (Fsp3) is 0.111. The van der Waals surface area contributed by atoms with Crippen molar-refractivity contribution in [1.29, 1.82) is 0 Å². The molecule has 0 radical (unpaired) electrons. The van der Waals surface area contributed by atoms with Gasteiger partial charge < -0.3 is 14.8 Å². The zero-order chi connectivity index (χ0) is 11.5. The summed E-state index contributed by atoms with van der Waals surface area (Å²) in [7, 11) is 0. The molecule has 1 aromatic rings. The van der Waals surface area contributed by atoms with Crippen LogP contribution in [0.3, 0.4) is 0 Å². The molecule has 82 valence electrons. The molecule has 0 saturated heterocycles. The number of Topliss-reactive ketones (excluding diaryl/α,β-unsaturated/α-hetero) is 1. The van der Waals surface area contributed by atoms with E-state index in [0.29, 0.717) is 0 Å². The highest BCUT2D eigenvalue weighted by molar-refractivity contribution is 6.52. The Kier molecular flexibility index (Phi) is 1.41. The van der Waals surface area contributed by atoms with E-state index in [0.717, 1.165) is 6.07 Å². The van der Waals surface area contributed by atoms with Crippen LogP contribution in [0.2, 0.25) is 0 Å². The van der Waals surface area contributed by atoms with Crippen LogP contribution in [0, 0.1) is 0 Å². The van der Waals surface area contributed by atoms with Gasteiger partial charge in [0.15, 0.2) is 11.5 Å². The van der Waals surface area contributed by atoms with Gasteiger partial charge in [0.25, 0.3) is 11.7 Å². The Morgan fingerprint density at radius 1 is 1.19 bits per heavy atom. The maximum absolute atomic E-state index is 12.8. The molecule has 0 aromatic heterocycles. The molecule has 2 aliphatic rings. The van der Waals surface area contributed by atoms with E-state index in [1.54, 1.807) is 0 Å². The smallest absolute Gasteiger partial charge is 0.395 e. The van der Waals surface area contributed by atoms with Crippen LogP contribution in [0.15, 0.2) is 12.1 Å². The predicted octanol–water partition coefficient (Wildman–Crippen LogP) is 1.14. The predicted molar refractivity (Wildman–Crippen MR) is 45.6 cm³/mol. The van der Waals surface area contributed by atoms with Crippen molar-refractivity contribution in [3.8, 4) is 11.5 Å². The molecular weight excluding hydrogens is 224 g/mol. The Balaban J connectivity index is 2.19. The number of anilines is 1. The van der Waals surface area contributed by atoms with Crippen LogP contribution < -0.4 is 14.8 Å². The molecule has 0 saturated carbocycles. The topological polar surface area (TPSA) is 64.6 Å². The van der Waals surface area contributed by atoms with Gasteiger partial charge in [-0.2, -0.15) is 0 Å². The first kappa shape index (κ1) is 9.08. The van der Waals surface area contributed by atoms with Crippen molar-refractivity contribution < 1.29 is 27.8 Å². The number of carbonyl (C=O) groups excluding carboxylic acids is 2. The minimum Gasteiger partial charge on any atom is -0.395 e. The Morgan fingerprint density at radius 3 is 2.69 bits per heavy atom. The number of ketones is 1. The third-order valence-electron chi connectivity index (χ3n) is 2.26. The molecule has 0 bridgehead atoms. The number of benzene rings is 1. The lowest BCUT2D eigenvalue weighted by molar-refractivity contribution is -0.286. The van der Waals surface area contributed by atoms with Crippen molar-refractivity contribution in [2.24, 2.45) is 0 Å². The fourth-order valence-corrected chi connectivity index (χ4v) is 1.62. The maximum Gasteiger partial charge on any atom is 0.586 e. The van der Waals surface area contributed by atoms with Crippen LogP contribution in [0.25, 0.3) is 0 Å². The van der Waals surface area contributed by atoms with E-state index < -0.39 is 18.0 Å². The van der Waals surface area contributed by atoms with E-state index >= 15 is 0 Å². The molecule has 0 unspecified atom stereocenters. The van der Waals surface area contributed by atoms with Gasteiger partial charge >= 0.3 is 6.29 Å². The first-order valence-electron chi connectivity index (χ1n) is 4.26. The third kappa shape index (κ3) is 1.02. The summed E-state index contributed by atoms with van der Waals surface area (Å²) in [6.45, 7) is 0. The quantitative estimate of drug-likeness (QED) is 0.675. The fourth-order valence-electron chi connectivity index (χ4n) is 1.62. The molecule has 5 nitrogen and oxygen atoms in total. The van der Waals surface area contributed by atoms with Gasteiger partial charge in [0, 0.05) is 0 Å². The van der Waals surface area contributed by atoms with E-state index in [4.69, 9.17) is 0 Å². The zero-order valence-electron chi connectivity index (χ0n) is 7.54. The van der Waals surface area contributed by atoms with Gasteiger partial charge in [0.05, 0.1) is 11.3 Å². The third-order valence-corrected chi connectivity index (χ3v) is 2.26. The van der Waals surface area contributed by atoms with E-state index in [9.17, 15) is 18.4 Å². The van der Waals surface area contributed by atoms with Crippen LogP contribution in [0.1, 0.15) is 10.4 Å². The Bertz CT molecular complexity index is 541. The second kappa shape index (κ2) is 2.49. The number of alkyl halides is 2. The number of fused-ring (bicyclic) bond motifs is 3. The molecule has 3 rings (SSSR count). The Labute approximate surface area is 86.9 Å². The SMILES string of the molecule is O=C1Nc2c(ccc3c2OC(F)(F)O3)C1=O. The standard InChI is InChI=1S/C9H3F2NO4/c10-9(11)15-4-2-1-3-5(7(4)16-9)12-8(14)6(3)13/h1-2H,(H,12,13,14). The second-order valence-electron chi connectivity index (χ2n) is 3.27. The molecule has 1 amide bonds. The van der Waals surface area contributed by atoms with Crippen molar-refractivity contribution in [3.05, 3.63) is 17.7 Å². The van der Waals surface area contributed by atoms with Gasteiger partial charge in [-0.1, -0.05) is 0 Å². The van der Waals surface area contributed by atoms with Gasteiger partial charge in [-0.05, 0) is 12.1 Å². The van der Waals surface area contributed by atoms with Gasteiger partial charge in [-0.3, -0.25) is 9.59 Å². The van der Waals surface area contributed by atoms with Crippen molar-refractivity contribution in [2.45, 2.75) is 6.29 Å². The lowest BCUT2D eigenvalue weighted by Gasteiger charge is -2.05. The van der Waals surface area contributed by atoms with Crippen molar-refractivity contribution >= 4 is 17.4 Å². The summed E-state index contributed by atoms with van der Waals surface area (Å²) < 4.78 is 33.9. The number of carbonyl (C=O) groups is 2.